The number of rotatable bonds is 4. The van der Waals surface area contributed by atoms with E-state index in [-0.39, 0.29) is 6.04 Å². The lowest BCUT2D eigenvalue weighted by Crippen LogP contribution is -2.29. The number of pyridine rings is 1. The van der Waals surface area contributed by atoms with Gasteiger partial charge in [-0.3, -0.25) is 16.3 Å². The summed E-state index contributed by atoms with van der Waals surface area (Å²) < 4.78 is 1.00. The lowest BCUT2D eigenvalue weighted by molar-refractivity contribution is 0.554. The van der Waals surface area contributed by atoms with Crippen molar-refractivity contribution in [2.45, 2.75) is 24.6 Å². The maximum absolute atomic E-state index is 5.75. The average Bonchev–Trinajstić information content (AvgIpc) is 2.90. The number of halogens is 1. The minimum absolute atomic E-state index is 0.143. The number of hydrazine groups is 1. The summed E-state index contributed by atoms with van der Waals surface area (Å²) in [4.78, 5) is 7.29. The van der Waals surface area contributed by atoms with E-state index in [0.717, 1.165) is 22.3 Å². The molecule has 1 atom stereocenters. The second-order valence-electron chi connectivity index (χ2n) is 4.79. The van der Waals surface area contributed by atoms with E-state index in [4.69, 9.17) is 5.84 Å². The summed E-state index contributed by atoms with van der Waals surface area (Å²) in [6.45, 7) is 0. The number of nitrogens with one attached hydrogen (secondary N) is 1. The molecule has 0 spiro atoms. The Kier molecular flexibility index (Phi) is 4.78. The van der Waals surface area contributed by atoms with Gasteiger partial charge in [0.15, 0.2) is 0 Å². The summed E-state index contributed by atoms with van der Waals surface area (Å²) in [7, 11) is 0. The normalized spacial score (nSPS) is 15.9. The van der Waals surface area contributed by atoms with Crippen molar-refractivity contribution in [3.63, 3.8) is 0 Å². The molecule has 3 N–H and O–H groups in total. The summed E-state index contributed by atoms with van der Waals surface area (Å²) in [6.07, 6.45) is 3.84. The van der Waals surface area contributed by atoms with Crippen LogP contribution in [-0.4, -0.2) is 10.7 Å². The van der Waals surface area contributed by atoms with Crippen LogP contribution in [-0.2, 0) is 18.6 Å². The van der Waals surface area contributed by atoms with Crippen LogP contribution in [0.1, 0.15) is 27.1 Å². The first-order valence-electron chi connectivity index (χ1n) is 6.52. The zero-order valence-electron chi connectivity index (χ0n) is 10.9. The molecule has 0 radical (unpaired) electrons. The molecular formula is C14H16BrN3S2. The van der Waals surface area contributed by atoms with Crippen LogP contribution >= 0.6 is 39.0 Å². The molecule has 3 rings (SSSR count). The zero-order chi connectivity index (χ0) is 13.9. The van der Waals surface area contributed by atoms with E-state index in [1.165, 1.54) is 27.5 Å². The number of fused-ring (bicyclic) bond motifs is 1. The fourth-order valence-electron chi connectivity index (χ4n) is 2.32. The van der Waals surface area contributed by atoms with Gasteiger partial charge < -0.3 is 0 Å². The first-order chi connectivity index (χ1) is 9.76. The Balaban J connectivity index is 1.79. The van der Waals surface area contributed by atoms with Crippen LogP contribution in [0.3, 0.4) is 0 Å². The Bertz CT molecular complexity index is 559. The monoisotopic (exact) mass is 369 g/mol. The Labute approximate surface area is 135 Å². The van der Waals surface area contributed by atoms with E-state index in [0.29, 0.717) is 0 Å². The molecule has 0 amide bonds. The molecule has 1 unspecified atom stereocenters. The molecule has 3 nitrogen and oxygen atoms in total. The Morgan fingerprint density at radius 2 is 2.35 bits per heavy atom. The van der Waals surface area contributed by atoms with Gasteiger partial charge in [-0.2, -0.15) is 11.8 Å². The van der Waals surface area contributed by atoms with Crippen molar-refractivity contribution in [3.8, 4) is 0 Å². The second-order valence-corrected chi connectivity index (χ2v) is 7.98. The predicted molar refractivity (Wildman–Crippen MR) is 89.9 cm³/mol. The van der Waals surface area contributed by atoms with Crippen molar-refractivity contribution >= 4 is 39.0 Å². The van der Waals surface area contributed by atoms with E-state index in [2.05, 4.69) is 32.4 Å². The molecule has 0 aromatic carbocycles. The Morgan fingerprint density at radius 1 is 1.45 bits per heavy atom. The highest BCUT2D eigenvalue weighted by molar-refractivity contribution is 9.10. The van der Waals surface area contributed by atoms with Gasteiger partial charge in [0.25, 0.3) is 0 Å². The van der Waals surface area contributed by atoms with Gasteiger partial charge >= 0.3 is 0 Å². The standard InChI is InChI=1S/C14H16BrN3S2/c15-10-1-2-11(17-7-10)6-12(18-16)14-5-9-8-19-4-3-13(9)20-14/h1-2,5,7,12,18H,3-4,6,8,16H2. The summed E-state index contributed by atoms with van der Waals surface area (Å²) in [5.74, 6) is 8.13. The van der Waals surface area contributed by atoms with E-state index < -0.39 is 0 Å². The highest BCUT2D eigenvalue weighted by Crippen LogP contribution is 2.35. The fraction of sp³-hybridized carbons (Fsp3) is 0.357. The molecule has 0 saturated carbocycles. The van der Waals surface area contributed by atoms with Gasteiger partial charge in [0.1, 0.15) is 0 Å². The molecule has 3 heterocycles. The third-order valence-electron chi connectivity index (χ3n) is 3.39. The van der Waals surface area contributed by atoms with E-state index >= 15 is 0 Å². The van der Waals surface area contributed by atoms with E-state index in [9.17, 15) is 0 Å². The smallest absolute Gasteiger partial charge is 0.0608 e. The quantitative estimate of drug-likeness (QED) is 0.640. The zero-order valence-corrected chi connectivity index (χ0v) is 14.2. The number of nitrogens with two attached hydrogens (primary N) is 1. The molecule has 0 aliphatic carbocycles. The summed E-state index contributed by atoms with van der Waals surface area (Å²) in [5, 5.41) is 0. The van der Waals surface area contributed by atoms with Crippen molar-refractivity contribution in [1.82, 2.24) is 10.4 Å². The van der Waals surface area contributed by atoms with Gasteiger partial charge in [-0.25, -0.2) is 0 Å². The molecule has 106 valence electrons. The number of thioether (sulfide) groups is 1. The van der Waals surface area contributed by atoms with Crippen molar-refractivity contribution in [3.05, 3.63) is 49.9 Å². The van der Waals surface area contributed by atoms with E-state index in [1.54, 1.807) is 0 Å². The lowest BCUT2D eigenvalue weighted by atomic mass is 10.1. The van der Waals surface area contributed by atoms with Gasteiger partial charge in [-0.1, -0.05) is 0 Å². The molecule has 6 heteroatoms. The minimum Gasteiger partial charge on any atom is -0.271 e. The number of hydrogen-bond donors (Lipinski definition) is 2. The number of hydrogen-bond acceptors (Lipinski definition) is 5. The highest BCUT2D eigenvalue weighted by Gasteiger charge is 2.19. The number of aryl methyl sites for hydroxylation is 1. The molecule has 1 aliphatic rings. The molecule has 2 aromatic rings. The first-order valence-corrected chi connectivity index (χ1v) is 9.28. The maximum Gasteiger partial charge on any atom is 0.0608 e. The van der Waals surface area contributed by atoms with Crippen LogP contribution in [0.4, 0.5) is 0 Å². The van der Waals surface area contributed by atoms with Gasteiger partial charge in [-0.15, -0.1) is 11.3 Å². The maximum atomic E-state index is 5.75. The summed E-state index contributed by atoms with van der Waals surface area (Å²) in [6, 6.07) is 6.52. The molecule has 0 bridgehead atoms. The van der Waals surface area contributed by atoms with Gasteiger partial charge in [0, 0.05) is 38.3 Å². The van der Waals surface area contributed by atoms with E-state index in [1.807, 2.05) is 41.4 Å². The molecule has 20 heavy (non-hydrogen) atoms. The molecule has 0 saturated heterocycles. The van der Waals surface area contributed by atoms with Crippen LogP contribution in [0.5, 0.6) is 0 Å². The second kappa shape index (κ2) is 6.58. The average molecular weight is 370 g/mol. The van der Waals surface area contributed by atoms with Crippen LogP contribution in [0, 0.1) is 0 Å². The topological polar surface area (TPSA) is 50.9 Å². The molecule has 2 aromatic heterocycles. The SMILES string of the molecule is NNC(Cc1ccc(Br)cn1)c1cc2c(s1)CCSC2. The summed E-state index contributed by atoms with van der Waals surface area (Å²) in [5.41, 5.74) is 5.49. The Hall–Kier alpha value is -0.400. The van der Waals surface area contributed by atoms with Crippen LogP contribution < -0.4 is 11.3 Å². The van der Waals surface area contributed by atoms with Gasteiger partial charge in [0.05, 0.1) is 6.04 Å². The summed E-state index contributed by atoms with van der Waals surface area (Å²) >= 11 is 7.32. The molecule has 1 aliphatic heterocycles. The minimum atomic E-state index is 0.143. The van der Waals surface area contributed by atoms with Crippen molar-refractivity contribution in [1.29, 1.82) is 0 Å². The Morgan fingerprint density at radius 3 is 3.05 bits per heavy atom. The van der Waals surface area contributed by atoms with Crippen molar-refractivity contribution in [2.24, 2.45) is 5.84 Å². The lowest BCUT2D eigenvalue weighted by Gasteiger charge is -2.13. The molecule has 0 fully saturated rings. The number of aromatic nitrogens is 1. The van der Waals surface area contributed by atoms with Crippen LogP contribution in [0.25, 0.3) is 0 Å². The van der Waals surface area contributed by atoms with Gasteiger partial charge in [-0.05, 0) is 51.9 Å². The van der Waals surface area contributed by atoms with Crippen molar-refractivity contribution in [2.75, 3.05) is 5.75 Å². The van der Waals surface area contributed by atoms with Crippen LogP contribution in [0.2, 0.25) is 0 Å². The van der Waals surface area contributed by atoms with Crippen LogP contribution in [0.15, 0.2) is 28.9 Å². The largest absolute Gasteiger partial charge is 0.271 e. The highest BCUT2D eigenvalue weighted by atomic mass is 79.9. The fourth-order valence-corrected chi connectivity index (χ4v) is 4.99. The third-order valence-corrected chi connectivity index (χ3v) is 6.22. The van der Waals surface area contributed by atoms with Gasteiger partial charge in [0.2, 0.25) is 0 Å². The first kappa shape index (κ1) is 14.5. The molecular weight excluding hydrogens is 354 g/mol. The number of nitrogens with zero attached hydrogens (tertiary/aromatic N) is 1. The predicted octanol–water partition coefficient (Wildman–Crippen LogP) is 3.44. The third kappa shape index (κ3) is 3.26. The van der Waals surface area contributed by atoms with Crippen molar-refractivity contribution < 1.29 is 0 Å². The number of thiophene rings is 1.